The molecule has 5 heterocycles. The fraction of sp³-hybridized carbons (Fsp3) is 0.462. The third-order valence-electron chi connectivity index (χ3n) is 7.51. The Hall–Kier alpha value is -2.57. The summed E-state index contributed by atoms with van der Waals surface area (Å²) in [7, 11) is 0. The molecule has 2 saturated heterocycles. The quantitative estimate of drug-likeness (QED) is 0.612. The Labute approximate surface area is 198 Å². The number of carbonyl (C=O) groups excluding carboxylic acids is 1. The van der Waals surface area contributed by atoms with Gasteiger partial charge in [0.1, 0.15) is 11.4 Å². The van der Waals surface area contributed by atoms with Crippen molar-refractivity contribution in [3.63, 3.8) is 0 Å². The van der Waals surface area contributed by atoms with Crippen molar-refractivity contribution in [3.05, 3.63) is 47.2 Å². The molecule has 6 rings (SSSR count). The lowest BCUT2D eigenvalue weighted by Gasteiger charge is -2.40. The van der Waals surface area contributed by atoms with Gasteiger partial charge in [-0.1, -0.05) is 18.0 Å². The summed E-state index contributed by atoms with van der Waals surface area (Å²) in [6.07, 6.45) is 9.85. The number of benzene rings is 1. The van der Waals surface area contributed by atoms with E-state index < -0.39 is 6.10 Å². The van der Waals surface area contributed by atoms with Crippen LogP contribution >= 0.6 is 11.6 Å². The van der Waals surface area contributed by atoms with Gasteiger partial charge in [-0.2, -0.15) is 0 Å². The fourth-order valence-corrected chi connectivity index (χ4v) is 6.04. The third-order valence-corrected chi connectivity index (χ3v) is 7.72. The van der Waals surface area contributed by atoms with Gasteiger partial charge < -0.3 is 19.5 Å². The zero-order chi connectivity index (χ0) is 22.4. The van der Waals surface area contributed by atoms with E-state index in [0.717, 1.165) is 59.4 Å². The second kappa shape index (κ2) is 8.65. The van der Waals surface area contributed by atoms with E-state index in [1.54, 1.807) is 6.20 Å². The fourth-order valence-electron chi connectivity index (χ4n) is 5.80. The SMILES string of the molecule is O=C([C@H]1Cc2cc(Cl)cc(-c3ccnc4[nH]ccc34)c2O1)N1CCC(N2CCCCC2)CC1. The number of hydrogen-bond donors (Lipinski definition) is 1. The van der Waals surface area contributed by atoms with Gasteiger partial charge in [0, 0.05) is 59.5 Å². The average molecular weight is 465 g/mol. The smallest absolute Gasteiger partial charge is 0.263 e. The predicted octanol–water partition coefficient (Wildman–Crippen LogP) is 4.66. The maximum atomic E-state index is 13.4. The first kappa shape index (κ1) is 21.0. The van der Waals surface area contributed by atoms with E-state index in [9.17, 15) is 4.79 Å². The average Bonchev–Trinajstić information content (AvgIpc) is 3.51. The number of piperidine rings is 2. The summed E-state index contributed by atoms with van der Waals surface area (Å²) >= 11 is 6.49. The summed E-state index contributed by atoms with van der Waals surface area (Å²) < 4.78 is 6.34. The molecule has 0 aliphatic carbocycles. The number of aromatic nitrogens is 2. The molecule has 0 saturated carbocycles. The largest absolute Gasteiger partial charge is 0.479 e. The van der Waals surface area contributed by atoms with Crippen LogP contribution in [0.25, 0.3) is 22.2 Å². The molecule has 3 aliphatic rings. The third kappa shape index (κ3) is 3.89. The standard InChI is InChI=1S/C26H29ClN4O2/c27-18-14-17-15-23(26(32)31-12-6-19(7-13-31)30-10-2-1-3-11-30)33-24(17)22(16-18)20-4-8-28-25-21(20)5-9-29-25/h4-5,8-9,14,16,19,23H,1-3,6-7,10-13,15H2,(H,28,29)/t23-/m1/s1. The van der Waals surface area contributed by atoms with Crippen molar-refractivity contribution in [1.82, 2.24) is 19.8 Å². The molecular weight excluding hydrogens is 436 g/mol. The number of fused-ring (bicyclic) bond motifs is 2. The Balaban J connectivity index is 1.20. The number of pyridine rings is 1. The summed E-state index contributed by atoms with van der Waals surface area (Å²) in [6.45, 7) is 4.06. The maximum Gasteiger partial charge on any atom is 0.263 e. The highest BCUT2D eigenvalue weighted by atomic mass is 35.5. The lowest BCUT2D eigenvalue weighted by Crippen LogP contribution is -2.50. The van der Waals surface area contributed by atoms with Crippen molar-refractivity contribution in [2.75, 3.05) is 26.2 Å². The van der Waals surface area contributed by atoms with Crippen molar-refractivity contribution in [2.24, 2.45) is 0 Å². The number of nitrogens with one attached hydrogen (secondary N) is 1. The first-order valence-corrected chi connectivity index (χ1v) is 12.5. The molecule has 7 heteroatoms. The molecule has 0 radical (unpaired) electrons. The molecule has 0 bridgehead atoms. The van der Waals surface area contributed by atoms with Crippen LogP contribution in [0.3, 0.4) is 0 Å². The van der Waals surface area contributed by atoms with Crippen molar-refractivity contribution < 1.29 is 9.53 Å². The highest BCUT2D eigenvalue weighted by molar-refractivity contribution is 6.31. The molecule has 0 unspecified atom stereocenters. The lowest BCUT2D eigenvalue weighted by atomic mass is 9.98. The second-order valence-corrected chi connectivity index (χ2v) is 9.94. The van der Waals surface area contributed by atoms with Crippen molar-refractivity contribution in [2.45, 2.75) is 50.7 Å². The Kier molecular flexibility index (Phi) is 5.51. The zero-order valence-electron chi connectivity index (χ0n) is 18.7. The van der Waals surface area contributed by atoms with Gasteiger partial charge in [0.15, 0.2) is 6.10 Å². The summed E-state index contributed by atoms with van der Waals surface area (Å²) in [6, 6.07) is 8.48. The molecule has 3 aromatic rings. The first-order valence-electron chi connectivity index (χ1n) is 12.1. The lowest BCUT2D eigenvalue weighted by molar-refractivity contribution is -0.139. The van der Waals surface area contributed by atoms with E-state index >= 15 is 0 Å². The van der Waals surface area contributed by atoms with E-state index in [2.05, 4.69) is 14.9 Å². The van der Waals surface area contributed by atoms with Crippen LogP contribution in [-0.4, -0.2) is 64.0 Å². The van der Waals surface area contributed by atoms with Crippen LogP contribution < -0.4 is 4.74 Å². The van der Waals surface area contributed by atoms with Crippen molar-refractivity contribution in [3.8, 4) is 16.9 Å². The number of H-pyrrole nitrogens is 1. The molecule has 1 atom stereocenters. The minimum Gasteiger partial charge on any atom is -0.479 e. The molecule has 1 N–H and O–H groups in total. The highest BCUT2D eigenvalue weighted by Gasteiger charge is 2.36. The molecule has 1 aromatic carbocycles. The van der Waals surface area contributed by atoms with Gasteiger partial charge in [0.2, 0.25) is 0 Å². The van der Waals surface area contributed by atoms with Crippen LogP contribution in [0.15, 0.2) is 36.7 Å². The highest BCUT2D eigenvalue weighted by Crippen LogP contribution is 2.43. The minimum absolute atomic E-state index is 0.104. The molecule has 0 spiro atoms. The molecule has 2 fully saturated rings. The van der Waals surface area contributed by atoms with E-state index in [1.165, 1.54) is 32.4 Å². The molecule has 2 aromatic heterocycles. The number of nitrogens with zero attached hydrogens (tertiary/aromatic N) is 3. The molecule has 1 amide bonds. The van der Waals surface area contributed by atoms with Crippen LogP contribution in [0, 0.1) is 0 Å². The van der Waals surface area contributed by atoms with Gasteiger partial charge in [-0.25, -0.2) is 4.98 Å². The first-order chi connectivity index (χ1) is 16.2. The molecule has 172 valence electrons. The number of hydrogen-bond acceptors (Lipinski definition) is 4. The molecule has 33 heavy (non-hydrogen) atoms. The van der Waals surface area contributed by atoms with Crippen LogP contribution in [-0.2, 0) is 11.2 Å². The molecule has 6 nitrogen and oxygen atoms in total. The van der Waals surface area contributed by atoms with Gasteiger partial charge in [0.25, 0.3) is 5.91 Å². The van der Waals surface area contributed by atoms with E-state index in [1.807, 2.05) is 35.4 Å². The van der Waals surface area contributed by atoms with E-state index in [4.69, 9.17) is 16.3 Å². The Bertz CT molecular complexity index is 1180. The van der Waals surface area contributed by atoms with E-state index in [0.29, 0.717) is 17.5 Å². The number of ether oxygens (including phenoxy) is 1. The van der Waals surface area contributed by atoms with Crippen molar-refractivity contribution in [1.29, 1.82) is 0 Å². The van der Waals surface area contributed by atoms with Gasteiger partial charge in [-0.15, -0.1) is 0 Å². The van der Waals surface area contributed by atoms with Crippen LogP contribution in [0.5, 0.6) is 5.75 Å². The summed E-state index contributed by atoms with van der Waals surface area (Å²) in [4.78, 5) is 25.6. The topological polar surface area (TPSA) is 61.5 Å². The number of aromatic amines is 1. The van der Waals surface area contributed by atoms with Crippen molar-refractivity contribution >= 4 is 28.5 Å². The van der Waals surface area contributed by atoms with Gasteiger partial charge in [-0.05, 0) is 68.6 Å². The summed E-state index contributed by atoms with van der Waals surface area (Å²) in [5.41, 5.74) is 3.75. The normalized spacial score (nSPS) is 21.8. The Morgan fingerprint density at radius 2 is 1.88 bits per heavy atom. The predicted molar refractivity (Wildman–Crippen MR) is 130 cm³/mol. The Morgan fingerprint density at radius 3 is 2.70 bits per heavy atom. The maximum absolute atomic E-state index is 13.4. The minimum atomic E-state index is -0.479. The summed E-state index contributed by atoms with van der Waals surface area (Å²) in [5, 5.41) is 1.67. The van der Waals surface area contributed by atoms with Gasteiger partial charge in [0.05, 0.1) is 0 Å². The van der Waals surface area contributed by atoms with Crippen LogP contribution in [0.4, 0.5) is 0 Å². The zero-order valence-corrected chi connectivity index (χ0v) is 19.5. The second-order valence-electron chi connectivity index (χ2n) is 9.50. The number of amides is 1. The number of rotatable bonds is 3. The number of likely N-dealkylation sites (tertiary alicyclic amines) is 2. The molecule has 3 aliphatic heterocycles. The van der Waals surface area contributed by atoms with E-state index in [-0.39, 0.29) is 5.91 Å². The number of halogens is 1. The monoisotopic (exact) mass is 464 g/mol. The van der Waals surface area contributed by atoms with Gasteiger partial charge >= 0.3 is 0 Å². The molecular formula is C26H29ClN4O2. The Morgan fingerprint density at radius 1 is 1.06 bits per heavy atom. The van der Waals surface area contributed by atoms with Crippen LogP contribution in [0.2, 0.25) is 5.02 Å². The van der Waals surface area contributed by atoms with Gasteiger partial charge in [-0.3, -0.25) is 4.79 Å². The number of carbonyl (C=O) groups is 1. The summed E-state index contributed by atoms with van der Waals surface area (Å²) in [5.74, 6) is 0.876. The van der Waals surface area contributed by atoms with Crippen LogP contribution in [0.1, 0.15) is 37.7 Å².